The molecule has 0 saturated heterocycles. The smallest absolute Gasteiger partial charge is 0.306 e. The molecule has 0 bridgehead atoms. The highest BCUT2D eigenvalue weighted by molar-refractivity contribution is 5.71. The van der Waals surface area contributed by atoms with Crippen molar-refractivity contribution < 1.29 is 28.6 Å². The second-order valence-electron chi connectivity index (χ2n) is 23.8. The quantitative estimate of drug-likeness (QED) is 0.0261. The molecule has 1 unspecified atom stereocenters. The van der Waals surface area contributed by atoms with Crippen LogP contribution in [0.15, 0.2) is 60.8 Å². The summed E-state index contributed by atoms with van der Waals surface area (Å²) in [5.74, 6) is -0.838. The molecule has 80 heavy (non-hydrogen) atoms. The van der Waals surface area contributed by atoms with Gasteiger partial charge in [-0.25, -0.2) is 0 Å². The molecule has 466 valence electrons. The predicted octanol–water partition coefficient (Wildman–Crippen LogP) is 24.3. The Morgan fingerprint density at radius 1 is 0.263 bits per heavy atom. The lowest BCUT2D eigenvalue weighted by Crippen LogP contribution is -2.30. The maximum absolute atomic E-state index is 12.9. The number of ether oxygens (including phenoxy) is 3. The largest absolute Gasteiger partial charge is 0.462 e. The van der Waals surface area contributed by atoms with Gasteiger partial charge in [0.25, 0.3) is 0 Å². The van der Waals surface area contributed by atoms with Gasteiger partial charge in [0.2, 0.25) is 0 Å². The van der Waals surface area contributed by atoms with Crippen LogP contribution < -0.4 is 0 Å². The lowest BCUT2D eigenvalue weighted by atomic mass is 10.0. The zero-order valence-corrected chi connectivity index (χ0v) is 53.6. The summed E-state index contributed by atoms with van der Waals surface area (Å²) in [5.41, 5.74) is 0. The van der Waals surface area contributed by atoms with E-state index < -0.39 is 6.10 Å². The van der Waals surface area contributed by atoms with Gasteiger partial charge in [-0.3, -0.25) is 14.4 Å². The molecule has 0 radical (unpaired) electrons. The van der Waals surface area contributed by atoms with Crippen molar-refractivity contribution in [3.8, 4) is 0 Å². The van der Waals surface area contributed by atoms with Crippen LogP contribution in [0.2, 0.25) is 0 Å². The van der Waals surface area contributed by atoms with Crippen molar-refractivity contribution in [1.29, 1.82) is 0 Å². The lowest BCUT2D eigenvalue weighted by Gasteiger charge is -2.18. The Kier molecular flexibility index (Phi) is 66.1. The number of hydrogen-bond acceptors (Lipinski definition) is 6. The second kappa shape index (κ2) is 68.6. The highest BCUT2D eigenvalue weighted by atomic mass is 16.6. The molecule has 0 rings (SSSR count). The van der Waals surface area contributed by atoms with Crippen LogP contribution in [-0.4, -0.2) is 37.2 Å². The molecule has 0 N–H and O–H groups in total. The van der Waals surface area contributed by atoms with Gasteiger partial charge in [-0.05, 0) is 64.2 Å². The second-order valence-corrected chi connectivity index (χ2v) is 23.8. The Labute approximate surface area is 498 Å². The van der Waals surface area contributed by atoms with Crippen molar-refractivity contribution in [3.63, 3.8) is 0 Å². The number of unbranched alkanes of at least 4 members (excludes halogenated alkanes) is 44. The molecule has 0 aliphatic carbocycles. The van der Waals surface area contributed by atoms with Crippen LogP contribution in [0.5, 0.6) is 0 Å². The highest BCUT2D eigenvalue weighted by Crippen LogP contribution is 2.18. The third-order valence-electron chi connectivity index (χ3n) is 15.8. The summed E-state index contributed by atoms with van der Waals surface area (Å²) in [4.78, 5) is 38.4. The topological polar surface area (TPSA) is 78.9 Å². The predicted molar refractivity (Wildman–Crippen MR) is 348 cm³/mol. The molecular formula is C74H134O6. The standard InChI is InChI=1S/C74H134O6/c1-4-7-10-13-16-19-22-25-27-29-30-31-32-33-34-35-36-37-38-39-40-41-42-43-44-45-47-49-52-55-58-61-64-67-73(76)79-70-71(69-78-72(75)66-63-60-57-54-51-48-24-21-18-15-12-9-6-3)80-74(77)68-65-62-59-56-53-50-46-28-26-23-20-17-14-11-8-5-2/h7,10,16,19,25,27,30-31,33-34,71H,4-6,8-9,11-15,17-18,20-24,26,28-29,32,35-70H2,1-3H3/b10-7-,19-16-,27-25-,31-30-,34-33-. The molecule has 0 aliphatic heterocycles. The van der Waals surface area contributed by atoms with Crippen molar-refractivity contribution in [2.75, 3.05) is 13.2 Å². The van der Waals surface area contributed by atoms with E-state index in [4.69, 9.17) is 14.2 Å². The normalized spacial score (nSPS) is 12.4. The molecule has 0 spiro atoms. The Bertz CT molecular complexity index is 1430. The van der Waals surface area contributed by atoms with E-state index in [1.807, 2.05) is 0 Å². The van der Waals surface area contributed by atoms with Gasteiger partial charge < -0.3 is 14.2 Å². The average molecular weight is 1120 g/mol. The zero-order valence-electron chi connectivity index (χ0n) is 53.6. The molecule has 0 fully saturated rings. The van der Waals surface area contributed by atoms with Crippen LogP contribution >= 0.6 is 0 Å². The van der Waals surface area contributed by atoms with Gasteiger partial charge in [0.05, 0.1) is 0 Å². The van der Waals surface area contributed by atoms with E-state index in [9.17, 15) is 14.4 Å². The van der Waals surface area contributed by atoms with E-state index >= 15 is 0 Å². The van der Waals surface area contributed by atoms with E-state index in [2.05, 4.69) is 81.5 Å². The molecular weight excluding hydrogens is 985 g/mol. The fourth-order valence-electron chi connectivity index (χ4n) is 10.5. The molecule has 6 nitrogen and oxygen atoms in total. The number of esters is 3. The molecule has 0 saturated carbocycles. The van der Waals surface area contributed by atoms with Gasteiger partial charge in [-0.15, -0.1) is 0 Å². The summed E-state index contributed by atoms with van der Waals surface area (Å²) < 4.78 is 17.0. The molecule has 0 aromatic heterocycles. The zero-order chi connectivity index (χ0) is 57.8. The average Bonchev–Trinajstić information content (AvgIpc) is 3.46. The summed E-state index contributed by atoms with van der Waals surface area (Å²) in [6, 6.07) is 0. The Hall–Kier alpha value is -2.89. The van der Waals surface area contributed by atoms with Crippen molar-refractivity contribution in [1.82, 2.24) is 0 Å². The first-order valence-corrected chi connectivity index (χ1v) is 35.3. The van der Waals surface area contributed by atoms with Crippen molar-refractivity contribution >= 4 is 17.9 Å². The molecule has 0 aliphatic rings. The number of hydrogen-bond donors (Lipinski definition) is 0. The molecule has 0 aromatic carbocycles. The van der Waals surface area contributed by atoms with Gasteiger partial charge >= 0.3 is 17.9 Å². The third-order valence-corrected chi connectivity index (χ3v) is 15.8. The monoisotopic (exact) mass is 1120 g/mol. The number of rotatable bonds is 65. The molecule has 0 heterocycles. The number of carbonyl (C=O) groups is 3. The summed E-state index contributed by atoms with van der Waals surface area (Å²) in [5, 5.41) is 0. The molecule has 1 atom stereocenters. The van der Waals surface area contributed by atoms with Gasteiger partial charge in [0.1, 0.15) is 13.2 Å². The SMILES string of the molecule is CC/C=C\C/C=C\C/C=C\C/C=C\C/C=C\CCCCCCCCCCCCCCCCCCCC(=O)OCC(COC(=O)CCCCCCCCCCCCCCC)OC(=O)CCCCCCCCCCCCCCCCCC. The first-order chi connectivity index (χ1) is 39.5. The maximum Gasteiger partial charge on any atom is 0.306 e. The maximum atomic E-state index is 12.9. The van der Waals surface area contributed by atoms with Crippen molar-refractivity contribution in [3.05, 3.63) is 60.8 Å². The molecule has 6 heteroatoms. The summed E-state index contributed by atoms with van der Waals surface area (Å²) in [7, 11) is 0. The van der Waals surface area contributed by atoms with Crippen LogP contribution in [0.3, 0.4) is 0 Å². The van der Waals surface area contributed by atoms with E-state index in [1.165, 1.54) is 244 Å². The van der Waals surface area contributed by atoms with Crippen LogP contribution in [-0.2, 0) is 28.6 Å². The van der Waals surface area contributed by atoms with Crippen molar-refractivity contribution in [2.24, 2.45) is 0 Å². The minimum absolute atomic E-state index is 0.0659. The highest BCUT2D eigenvalue weighted by Gasteiger charge is 2.19. The fourth-order valence-corrected chi connectivity index (χ4v) is 10.5. The van der Waals surface area contributed by atoms with E-state index in [0.29, 0.717) is 19.3 Å². The first-order valence-electron chi connectivity index (χ1n) is 35.3. The summed E-state index contributed by atoms with van der Waals surface area (Å²) in [6.07, 6.45) is 88.2. The summed E-state index contributed by atoms with van der Waals surface area (Å²) in [6.45, 7) is 6.59. The number of carbonyl (C=O) groups excluding carboxylic acids is 3. The third kappa shape index (κ3) is 65.9. The van der Waals surface area contributed by atoms with E-state index in [0.717, 1.165) is 89.9 Å². The van der Waals surface area contributed by atoms with Crippen LogP contribution in [0.4, 0.5) is 0 Å². The van der Waals surface area contributed by atoms with Crippen LogP contribution in [0, 0.1) is 0 Å². The van der Waals surface area contributed by atoms with Crippen LogP contribution in [0.1, 0.15) is 374 Å². The minimum atomic E-state index is -0.768. The van der Waals surface area contributed by atoms with E-state index in [-0.39, 0.29) is 31.1 Å². The van der Waals surface area contributed by atoms with Gasteiger partial charge in [-0.1, -0.05) is 351 Å². The Balaban J connectivity index is 4.13. The summed E-state index contributed by atoms with van der Waals surface area (Å²) >= 11 is 0. The van der Waals surface area contributed by atoms with Gasteiger partial charge in [-0.2, -0.15) is 0 Å². The minimum Gasteiger partial charge on any atom is -0.462 e. The Morgan fingerprint density at radius 3 is 0.762 bits per heavy atom. The van der Waals surface area contributed by atoms with Gasteiger partial charge in [0.15, 0.2) is 6.10 Å². The fraction of sp³-hybridized carbons (Fsp3) is 0.824. The first kappa shape index (κ1) is 77.1. The number of allylic oxidation sites excluding steroid dienone is 10. The Morgan fingerprint density at radius 2 is 0.487 bits per heavy atom. The lowest BCUT2D eigenvalue weighted by molar-refractivity contribution is -0.167. The van der Waals surface area contributed by atoms with Crippen molar-refractivity contribution in [2.45, 2.75) is 380 Å². The van der Waals surface area contributed by atoms with Gasteiger partial charge in [0, 0.05) is 19.3 Å². The molecule has 0 aromatic rings. The van der Waals surface area contributed by atoms with Crippen LogP contribution in [0.25, 0.3) is 0 Å². The molecule has 0 amide bonds. The van der Waals surface area contributed by atoms with E-state index in [1.54, 1.807) is 0 Å².